The minimum absolute atomic E-state index is 0.373. The summed E-state index contributed by atoms with van der Waals surface area (Å²) in [6.07, 6.45) is 68.5. The van der Waals surface area contributed by atoms with Gasteiger partial charge in [0.15, 0.2) is 0 Å². The molecule has 0 aliphatic heterocycles. The van der Waals surface area contributed by atoms with Crippen molar-refractivity contribution in [2.75, 3.05) is 6.61 Å². The van der Waals surface area contributed by atoms with Gasteiger partial charge in [-0.15, -0.1) is 0 Å². The number of carbonyl (C=O) groups excluding carboxylic acids is 1. The van der Waals surface area contributed by atoms with Gasteiger partial charge in [0.05, 0.1) is 18.8 Å². The molecule has 0 aliphatic rings. The number of amides is 1. The van der Waals surface area contributed by atoms with E-state index in [0.29, 0.717) is 6.42 Å². The number of aliphatic hydroxyl groups is 3. The average Bonchev–Trinajstić information content (AvgIpc) is 3.29. The number of carbonyl (C=O) groups is 1. The Morgan fingerprint density at radius 3 is 0.968 bits per heavy atom. The van der Waals surface area contributed by atoms with E-state index >= 15 is 0 Å². The molecule has 3 atom stereocenters. The Bertz CT molecular complexity index is 936. The molecule has 0 fully saturated rings. The van der Waals surface area contributed by atoms with E-state index in [1.165, 1.54) is 257 Å². The van der Waals surface area contributed by atoms with Crippen molar-refractivity contribution in [2.45, 2.75) is 334 Å². The van der Waals surface area contributed by atoms with Gasteiger partial charge in [0.1, 0.15) is 6.10 Å². The number of nitrogens with one attached hydrogen (secondary N) is 1. The van der Waals surface area contributed by atoms with Crippen molar-refractivity contribution in [2.24, 2.45) is 0 Å². The fourth-order valence-corrected chi connectivity index (χ4v) is 9.09. The predicted molar refractivity (Wildman–Crippen MR) is 278 cm³/mol. The van der Waals surface area contributed by atoms with E-state index in [9.17, 15) is 20.1 Å². The second-order valence-electron chi connectivity index (χ2n) is 19.9. The zero-order valence-corrected chi connectivity index (χ0v) is 42.7. The molecule has 4 N–H and O–H groups in total. The van der Waals surface area contributed by atoms with Gasteiger partial charge in [0, 0.05) is 0 Å². The molecule has 3 unspecified atom stereocenters. The van der Waals surface area contributed by atoms with Crippen LogP contribution in [0, 0.1) is 0 Å². The first-order valence-electron chi connectivity index (χ1n) is 28.7. The molecule has 1 amide bonds. The van der Waals surface area contributed by atoms with Crippen molar-refractivity contribution in [3.05, 3.63) is 24.3 Å². The molecule has 5 nitrogen and oxygen atoms in total. The molecule has 63 heavy (non-hydrogen) atoms. The van der Waals surface area contributed by atoms with Crippen LogP contribution in [-0.2, 0) is 4.79 Å². The Kier molecular flexibility index (Phi) is 52.5. The zero-order valence-electron chi connectivity index (χ0n) is 42.7. The molecule has 0 aliphatic carbocycles. The van der Waals surface area contributed by atoms with E-state index in [0.717, 1.165) is 38.5 Å². The van der Waals surface area contributed by atoms with E-state index in [2.05, 4.69) is 31.3 Å². The summed E-state index contributed by atoms with van der Waals surface area (Å²) in [5.74, 6) is -0.507. The smallest absolute Gasteiger partial charge is 0.249 e. The molecule has 0 heterocycles. The Labute approximate surface area is 394 Å². The van der Waals surface area contributed by atoms with Crippen molar-refractivity contribution in [3.8, 4) is 0 Å². The molecular formula is C58H113NO4. The molecule has 0 rings (SSSR count). The molecule has 0 saturated heterocycles. The monoisotopic (exact) mass is 888 g/mol. The highest BCUT2D eigenvalue weighted by Crippen LogP contribution is 2.18. The SMILES string of the molecule is CCCCCCCCCCC/C=C/CC/C=C/C(O)C(CO)NC(=O)C(O)CCCCCCCCCCCCCCCCCCCCCCCCCCCCCCCCCCCC. The van der Waals surface area contributed by atoms with Crippen LogP contribution in [0.3, 0.4) is 0 Å². The van der Waals surface area contributed by atoms with Gasteiger partial charge in [-0.3, -0.25) is 4.79 Å². The minimum Gasteiger partial charge on any atom is -0.394 e. The predicted octanol–water partition coefficient (Wildman–Crippen LogP) is 17.7. The molecule has 0 spiro atoms. The van der Waals surface area contributed by atoms with Crippen molar-refractivity contribution < 1.29 is 20.1 Å². The topological polar surface area (TPSA) is 89.8 Å². The van der Waals surface area contributed by atoms with Gasteiger partial charge in [-0.05, 0) is 32.1 Å². The van der Waals surface area contributed by atoms with Gasteiger partial charge in [0.25, 0.3) is 0 Å². The second-order valence-corrected chi connectivity index (χ2v) is 19.9. The summed E-state index contributed by atoms with van der Waals surface area (Å²) in [5, 5.41) is 33.3. The zero-order chi connectivity index (χ0) is 45.8. The van der Waals surface area contributed by atoms with Crippen LogP contribution in [0.1, 0.15) is 316 Å². The number of hydrogen-bond acceptors (Lipinski definition) is 4. The summed E-state index contributed by atoms with van der Waals surface area (Å²) in [7, 11) is 0. The van der Waals surface area contributed by atoms with E-state index in [1.807, 2.05) is 6.08 Å². The third-order valence-corrected chi connectivity index (χ3v) is 13.5. The molecule has 5 heteroatoms. The molecule has 0 aromatic heterocycles. The first kappa shape index (κ1) is 61.8. The van der Waals surface area contributed by atoms with E-state index < -0.39 is 24.2 Å². The van der Waals surface area contributed by atoms with E-state index in [4.69, 9.17) is 0 Å². The summed E-state index contributed by atoms with van der Waals surface area (Å²) in [4.78, 5) is 12.5. The maximum Gasteiger partial charge on any atom is 0.249 e. The standard InChI is InChI=1S/C58H113NO4/c1-3-5-7-9-11-13-15-17-19-20-21-22-23-24-25-26-27-28-29-30-31-32-33-34-35-36-37-39-41-43-45-47-49-51-53-57(62)58(63)59-55(54-60)56(61)52-50-48-46-44-42-40-38-18-16-14-12-10-8-6-4-2/h42,44,50,52,55-57,60-62H,3-41,43,45-49,51,53-54H2,1-2H3,(H,59,63)/b44-42+,52-50+. The summed E-state index contributed by atoms with van der Waals surface area (Å²) in [5.41, 5.74) is 0. The number of hydrogen-bond donors (Lipinski definition) is 4. The van der Waals surface area contributed by atoms with Gasteiger partial charge in [-0.2, -0.15) is 0 Å². The van der Waals surface area contributed by atoms with Gasteiger partial charge >= 0.3 is 0 Å². The van der Waals surface area contributed by atoms with Gasteiger partial charge in [-0.25, -0.2) is 0 Å². The van der Waals surface area contributed by atoms with Crippen LogP contribution in [-0.4, -0.2) is 46.1 Å². The highest BCUT2D eigenvalue weighted by Gasteiger charge is 2.22. The fourth-order valence-electron chi connectivity index (χ4n) is 9.09. The number of unbranched alkanes of at least 4 members (excludes halogenated alkanes) is 43. The molecule has 374 valence electrons. The summed E-state index contributed by atoms with van der Waals surface area (Å²) >= 11 is 0. The van der Waals surface area contributed by atoms with Crippen molar-refractivity contribution in [1.82, 2.24) is 5.32 Å². The average molecular weight is 889 g/mol. The summed E-state index contributed by atoms with van der Waals surface area (Å²) in [6, 6.07) is -0.811. The van der Waals surface area contributed by atoms with Gasteiger partial charge in [0.2, 0.25) is 5.91 Å². The summed E-state index contributed by atoms with van der Waals surface area (Å²) in [6.45, 7) is 4.19. The van der Waals surface area contributed by atoms with Crippen LogP contribution in [0.4, 0.5) is 0 Å². The lowest BCUT2D eigenvalue weighted by Gasteiger charge is -2.21. The largest absolute Gasteiger partial charge is 0.394 e. The minimum atomic E-state index is -1.10. The van der Waals surface area contributed by atoms with Crippen molar-refractivity contribution >= 4 is 5.91 Å². The van der Waals surface area contributed by atoms with Crippen LogP contribution in [0.25, 0.3) is 0 Å². The normalized spacial score (nSPS) is 13.4. The van der Waals surface area contributed by atoms with Crippen molar-refractivity contribution in [1.29, 1.82) is 0 Å². The Morgan fingerprint density at radius 1 is 0.381 bits per heavy atom. The maximum absolute atomic E-state index is 12.5. The van der Waals surface area contributed by atoms with Gasteiger partial charge in [-0.1, -0.05) is 308 Å². The van der Waals surface area contributed by atoms with E-state index in [-0.39, 0.29) is 6.61 Å². The highest BCUT2D eigenvalue weighted by molar-refractivity contribution is 5.80. The molecule has 0 saturated carbocycles. The third kappa shape index (κ3) is 48.6. The number of aliphatic hydroxyl groups excluding tert-OH is 3. The first-order valence-corrected chi connectivity index (χ1v) is 28.7. The van der Waals surface area contributed by atoms with Crippen LogP contribution < -0.4 is 5.32 Å². The van der Waals surface area contributed by atoms with E-state index in [1.54, 1.807) is 6.08 Å². The highest BCUT2D eigenvalue weighted by atomic mass is 16.3. The van der Waals surface area contributed by atoms with Crippen molar-refractivity contribution in [3.63, 3.8) is 0 Å². The van der Waals surface area contributed by atoms with Gasteiger partial charge < -0.3 is 20.6 Å². The molecule has 0 aromatic carbocycles. The Hall–Kier alpha value is -1.17. The lowest BCUT2D eigenvalue weighted by molar-refractivity contribution is -0.131. The molecular weight excluding hydrogens is 775 g/mol. The summed E-state index contributed by atoms with van der Waals surface area (Å²) < 4.78 is 0. The Balaban J connectivity index is 3.48. The quantitative estimate of drug-likeness (QED) is 0.0362. The van der Waals surface area contributed by atoms with Crippen LogP contribution in [0.15, 0.2) is 24.3 Å². The third-order valence-electron chi connectivity index (χ3n) is 13.5. The van der Waals surface area contributed by atoms with Crippen LogP contribution in [0.5, 0.6) is 0 Å². The number of allylic oxidation sites excluding steroid dienone is 3. The molecule has 0 bridgehead atoms. The molecule has 0 aromatic rings. The number of rotatable bonds is 53. The Morgan fingerprint density at radius 2 is 0.651 bits per heavy atom. The van der Waals surface area contributed by atoms with Crippen LogP contribution in [0.2, 0.25) is 0 Å². The first-order chi connectivity index (χ1) is 31.1. The lowest BCUT2D eigenvalue weighted by atomic mass is 10.0. The second kappa shape index (κ2) is 53.4. The lowest BCUT2D eigenvalue weighted by Crippen LogP contribution is -2.48. The maximum atomic E-state index is 12.5. The fraction of sp³-hybridized carbons (Fsp3) is 0.914. The van der Waals surface area contributed by atoms with Crippen LogP contribution >= 0.6 is 0 Å². The molecule has 0 radical (unpaired) electrons.